The van der Waals surface area contributed by atoms with E-state index in [0.29, 0.717) is 11.8 Å². The van der Waals surface area contributed by atoms with Gasteiger partial charge in [0.1, 0.15) is 11.3 Å². The molecular formula is C20H18F3N3O4. The number of carbonyl (C=O) groups is 1. The molecule has 2 aromatic carbocycles. The van der Waals surface area contributed by atoms with Crippen LogP contribution in [0.25, 0.3) is 0 Å². The van der Waals surface area contributed by atoms with Gasteiger partial charge in [0.05, 0.1) is 17.4 Å². The van der Waals surface area contributed by atoms with E-state index in [9.17, 15) is 28.1 Å². The lowest BCUT2D eigenvalue weighted by Gasteiger charge is -2.23. The summed E-state index contributed by atoms with van der Waals surface area (Å²) in [6.45, 7) is 2.95. The predicted molar refractivity (Wildman–Crippen MR) is 102 cm³/mol. The molecule has 158 valence electrons. The van der Waals surface area contributed by atoms with Gasteiger partial charge < -0.3 is 9.64 Å². The average Bonchev–Trinajstić information content (AvgIpc) is 2.65. The maximum absolute atomic E-state index is 13.3. The molecule has 0 heterocycles. The number of nitro benzene ring substituents is 1. The number of nitrogens with zero attached hydrogens (tertiary/aromatic N) is 3. The third kappa shape index (κ3) is 5.70. The van der Waals surface area contributed by atoms with Crippen LogP contribution in [0.5, 0.6) is 5.75 Å². The van der Waals surface area contributed by atoms with Crippen LogP contribution in [-0.2, 0) is 11.0 Å². The Morgan fingerprint density at radius 1 is 1.20 bits per heavy atom. The minimum Gasteiger partial charge on any atom is -0.483 e. The number of benzene rings is 2. The number of nitro groups is 1. The van der Waals surface area contributed by atoms with E-state index in [0.717, 1.165) is 23.3 Å². The van der Waals surface area contributed by atoms with Crippen molar-refractivity contribution in [1.82, 2.24) is 0 Å². The SMILES string of the molecule is Cc1cc(C)cc(N(CCC#N)C(=O)COc2ccc([N+](=O)[O-])cc2C(F)(F)F)c1. The number of halogens is 3. The van der Waals surface area contributed by atoms with Gasteiger partial charge in [0.15, 0.2) is 6.61 Å². The normalized spacial score (nSPS) is 10.9. The molecule has 0 aliphatic carbocycles. The van der Waals surface area contributed by atoms with Gasteiger partial charge in [-0.3, -0.25) is 14.9 Å². The second kappa shape index (κ2) is 9.26. The Bertz CT molecular complexity index is 980. The average molecular weight is 421 g/mol. The van der Waals surface area contributed by atoms with Crippen molar-refractivity contribution in [3.05, 3.63) is 63.2 Å². The van der Waals surface area contributed by atoms with Gasteiger partial charge in [-0.25, -0.2) is 0 Å². The van der Waals surface area contributed by atoms with Crippen molar-refractivity contribution >= 4 is 17.3 Å². The maximum Gasteiger partial charge on any atom is 0.420 e. The first-order valence-electron chi connectivity index (χ1n) is 8.77. The summed E-state index contributed by atoms with van der Waals surface area (Å²) in [6, 6.07) is 9.28. The molecular weight excluding hydrogens is 403 g/mol. The fourth-order valence-electron chi connectivity index (χ4n) is 2.86. The molecule has 0 aliphatic heterocycles. The number of amides is 1. The summed E-state index contributed by atoms with van der Waals surface area (Å²) in [5, 5.41) is 19.6. The largest absolute Gasteiger partial charge is 0.483 e. The number of alkyl halides is 3. The first kappa shape index (κ1) is 22.7. The van der Waals surface area contributed by atoms with Crippen molar-refractivity contribution < 1.29 is 27.6 Å². The summed E-state index contributed by atoms with van der Waals surface area (Å²) in [6.07, 6.45) is -4.89. The molecule has 0 aromatic heterocycles. The third-order valence-electron chi connectivity index (χ3n) is 4.10. The zero-order valence-electron chi connectivity index (χ0n) is 16.2. The Morgan fingerprint density at radius 2 is 1.83 bits per heavy atom. The van der Waals surface area contributed by atoms with Crippen LogP contribution in [0.1, 0.15) is 23.1 Å². The van der Waals surface area contributed by atoms with Crippen LogP contribution in [0.2, 0.25) is 0 Å². The van der Waals surface area contributed by atoms with E-state index >= 15 is 0 Å². The lowest BCUT2D eigenvalue weighted by atomic mass is 10.1. The van der Waals surface area contributed by atoms with E-state index < -0.39 is 40.6 Å². The fraction of sp³-hybridized carbons (Fsp3) is 0.300. The number of non-ortho nitro benzene ring substituents is 1. The molecule has 0 aliphatic rings. The van der Waals surface area contributed by atoms with E-state index in [1.165, 1.54) is 4.90 Å². The van der Waals surface area contributed by atoms with Crippen molar-refractivity contribution in [3.8, 4) is 11.8 Å². The van der Waals surface area contributed by atoms with E-state index in [2.05, 4.69) is 0 Å². The van der Waals surface area contributed by atoms with Crippen LogP contribution in [0, 0.1) is 35.3 Å². The van der Waals surface area contributed by atoms with E-state index in [-0.39, 0.29) is 13.0 Å². The van der Waals surface area contributed by atoms with Gasteiger partial charge in [-0.2, -0.15) is 18.4 Å². The van der Waals surface area contributed by atoms with Gasteiger partial charge in [-0.15, -0.1) is 0 Å². The molecule has 0 spiro atoms. The number of ether oxygens (including phenoxy) is 1. The fourth-order valence-corrected chi connectivity index (χ4v) is 2.86. The highest BCUT2D eigenvalue weighted by Gasteiger charge is 2.36. The van der Waals surface area contributed by atoms with Gasteiger partial charge in [0.25, 0.3) is 11.6 Å². The molecule has 0 atom stereocenters. The number of carbonyl (C=O) groups excluding carboxylic acids is 1. The molecule has 1 amide bonds. The van der Waals surface area contributed by atoms with Crippen molar-refractivity contribution in [2.75, 3.05) is 18.1 Å². The zero-order chi connectivity index (χ0) is 22.5. The van der Waals surface area contributed by atoms with Gasteiger partial charge in [0.2, 0.25) is 0 Å². The molecule has 0 saturated carbocycles. The van der Waals surface area contributed by atoms with E-state index in [1.807, 2.05) is 26.0 Å². The summed E-state index contributed by atoms with van der Waals surface area (Å²) < 4.78 is 44.9. The molecule has 7 nitrogen and oxygen atoms in total. The van der Waals surface area contributed by atoms with Crippen molar-refractivity contribution in [1.29, 1.82) is 5.26 Å². The molecule has 0 saturated heterocycles. The van der Waals surface area contributed by atoms with Crippen LogP contribution < -0.4 is 9.64 Å². The third-order valence-corrected chi connectivity index (χ3v) is 4.10. The number of hydrogen-bond acceptors (Lipinski definition) is 5. The van der Waals surface area contributed by atoms with Crippen molar-refractivity contribution in [2.45, 2.75) is 26.4 Å². The molecule has 2 rings (SSSR count). The highest BCUT2D eigenvalue weighted by Crippen LogP contribution is 2.38. The van der Waals surface area contributed by atoms with Gasteiger partial charge in [-0.1, -0.05) is 6.07 Å². The molecule has 10 heteroatoms. The van der Waals surface area contributed by atoms with Crippen molar-refractivity contribution in [2.24, 2.45) is 0 Å². The summed E-state index contributed by atoms with van der Waals surface area (Å²) in [7, 11) is 0. The second-order valence-electron chi connectivity index (χ2n) is 6.52. The van der Waals surface area contributed by atoms with Crippen LogP contribution in [0.4, 0.5) is 24.5 Å². The van der Waals surface area contributed by atoms with Crippen LogP contribution in [0.3, 0.4) is 0 Å². The van der Waals surface area contributed by atoms with Gasteiger partial charge in [0, 0.05) is 24.4 Å². The van der Waals surface area contributed by atoms with Crippen molar-refractivity contribution in [3.63, 3.8) is 0 Å². The van der Waals surface area contributed by atoms with Crippen LogP contribution >= 0.6 is 0 Å². The Hall–Kier alpha value is -3.61. The minimum absolute atomic E-state index is 0.0179. The lowest BCUT2D eigenvalue weighted by Crippen LogP contribution is -2.36. The molecule has 30 heavy (non-hydrogen) atoms. The van der Waals surface area contributed by atoms with Gasteiger partial charge in [-0.05, 0) is 43.2 Å². The topological polar surface area (TPSA) is 96.5 Å². The zero-order valence-corrected chi connectivity index (χ0v) is 16.2. The highest BCUT2D eigenvalue weighted by atomic mass is 19.4. The summed E-state index contributed by atoms with van der Waals surface area (Å²) in [5.41, 5.74) is 0.147. The maximum atomic E-state index is 13.3. The Morgan fingerprint density at radius 3 is 2.37 bits per heavy atom. The number of rotatable bonds is 7. The Kier molecular flexibility index (Phi) is 7.00. The molecule has 0 N–H and O–H groups in total. The monoisotopic (exact) mass is 421 g/mol. The molecule has 0 unspecified atom stereocenters. The predicted octanol–water partition coefficient (Wildman–Crippen LogP) is 4.56. The molecule has 2 aromatic rings. The Balaban J connectivity index is 2.28. The lowest BCUT2D eigenvalue weighted by molar-refractivity contribution is -0.385. The van der Waals surface area contributed by atoms with Gasteiger partial charge >= 0.3 is 6.18 Å². The standard InChI is InChI=1S/C20H18F3N3O4/c1-13-8-14(2)10-16(9-13)25(7-3-6-24)19(27)12-30-18-5-4-15(26(28)29)11-17(18)20(21,22)23/h4-5,8-11H,3,7,12H2,1-2H3. The number of hydrogen-bond donors (Lipinski definition) is 0. The number of anilines is 1. The smallest absolute Gasteiger partial charge is 0.420 e. The number of nitriles is 1. The van der Waals surface area contributed by atoms with E-state index in [4.69, 9.17) is 10.00 Å². The van der Waals surface area contributed by atoms with Crippen LogP contribution in [0.15, 0.2) is 36.4 Å². The molecule has 0 bridgehead atoms. The summed E-state index contributed by atoms with van der Waals surface area (Å²) >= 11 is 0. The number of aryl methyl sites for hydroxylation is 2. The molecule has 0 radical (unpaired) electrons. The molecule has 0 fully saturated rings. The summed E-state index contributed by atoms with van der Waals surface area (Å²) in [5.74, 6) is -1.34. The second-order valence-corrected chi connectivity index (χ2v) is 6.52. The highest BCUT2D eigenvalue weighted by molar-refractivity contribution is 5.94. The first-order valence-corrected chi connectivity index (χ1v) is 8.77. The van der Waals surface area contributed by atoms with Crippen LogP contribution in [-0.4, -0.2) is 24.0 Å². The Labute approximate surface area is 170 Å². The quantitative estimate of drug-likeness (QED) is 0.482. The minimum atomic E-state index is -4.90. The van der Waals surface area contributed by atoms with E-state index in [1.54, 1.807) is 12.1 Å². The summed E-state index contributed by atoms with van der Waals surface area (Å²) in [4.78, 5) is 23.8. The first-order chi connectivity index (χ1) is 14.0.